The number of hydrogen-bond acceptors (Lipinski definition) is 6. The van der Waals surface area contributed by atoms with Crippen LogP contribution >= 0.6 is 0 Å². The van der Waals surface area contributed by atoms with Crippen LogP contribution in [0, 0.1) is 5.82 Å². The SMILES string of the molecule is CS(=O)(=O)N1CCc2cc(C(=O)OCc3ncc(-c4ccc(F)cc4)o3)ccc21. The first-order valence-electron chi connectivity index (χ1n) is 8.80. The lowest BCUT2D eigenvalue weighted by Crippen LogP contribution is -2.27. The number of esters is 1. The van der Waals surface area contributed by atoms with E-state index >= 15 is 0 Å². The molecule has 29 heavy (non-hydrogen) atoms. The smallest absolute Gasteiger partial charge is 0.338 e. The molecular weight excluding hydrogens is 399 g/mol. The summed E-state index contributed by atoms with van der Waals surface area (Å²) >= 11 is 0. The van der Waals surface area contributed by atoms with Gasteiger partial charge in [-0.3, -0.25) is 4.31 Å². The summed E-state index contributed by atoms with van der Waals surface area (Å²) in [6.45, 7) is 0.196. The van der Waals surface area contributed by atoms with Gasteiger partial charge in [0.05, 0.1) is 23.7 Å². The first-order valence-corrected chi connectivity index (χ1v) is 10.6. The maximum atomic E-state index is 13.0. The first-order chi connectivity index (χ1) is 13.8. The third-order valence-corrected chi connectivity index (χ3v) is 5.76. The molecule has 1 aromatic heterocycles. The number of hydrogen-bond donors (Lipinski definition) is 0. The molecule has 9 heteroatoms. The Morgan fingerprint density at radius 3 is 2.72 bits per heavy atom. The van der Waals surface area contributed by atoms with Crippen LogP contribution in [-0.4, -0.2) is 32.2 Å². The second-order valence-electron chi connectivity index (χ2n) is 6.63. The van der Waals surface area contributed by atoms with E-state index in [9.17, 15) is 17.6 Å². The van der Waals surface area contributed by atoms with Crippen LogP contribution in [0.5, 0.6) is 0 Å². The first kappa shape index (κ1) is 19.1. The lowest BCUT2D eigenvalue weighted by atomic mass is 10.1. The third-order valence-electron chi connectivity index (χ3n) is 4.58. The minimum atomic E-state index is -3.34. The molecule has 1 aliphatic rings. The molecule has 2 heterocycles. The van der Waals surface area contributed by atoms with Crippen LogP contribution in [0.25, 0.3) is 11.3 Å². The van der Waals surface area contributed by atoms with Gasteiger partial charge in [-0.25, -0.2) is 22.6 Å². The van der Waals surface area contributed by atoms with Crippen LogP contribution in [0.3, 0.4) is 0 Å². The molecule has 7 nitrogen and oxygen atoms in total. The number of oxazole rings is 1. The number of anilines is 1. The Hall–Kier alpha value is -3.20. The van der Waals surface area contributed by atoms with Gasteiger partial charge in [0.15, 0.2) is 12.4 Å². The van der Waals surface area contributed by atoms with Gasteiger partial charge in [-0.2, -0.15) is 0 Å². The van der Waals surface area contributed by atoms with Crippen LogP contribution in [0.15, 0.2) is 53.1 Å². The molecular formula is C20H17FN2O5S. The van der Waals surface area contributed by atoms with Gasteiger partial charge in [0, 0.05) is 12.1 Å². The van der Waals surface area contributed by atoms with Crippen molar-refractivity contribution in [2.24, 2.45) is 0 Å². The molecule has 0 bridgehead atoms. The van der Waals surface area contributed by atoms with Crippen molar-refractivity contribution < 1.29 is 26.8 Å². The van der Waals surface area contributed by atoms with Gasteiger partial charge in [0.2, 0.25) is 15.9 Å². The van der Waals surface area contributed by atoms with E-state index in [2.05, 4.69) is 4.98 Å². The largest absolute Gasteiger partial charge is 0.452 e. The molecule has 0 fully saturated rings. The summed E-state index contributed by atoms with van der Waals surface area (Å²) in [6.07, 6.45) is 3.16. The number of aromatic nitrogens is 1. The maximum absolute atomic E-state index is 13.0. The summed E-state index contributed by atoms with van der Waals surface area (Å²) in [5.74, 6) is -0.264. The highest BCUT2D eigenvalue weighted by Gasteiger charge is 2.27. The highest BCUT2D eigenvalue weighted by atomic mass is 32.2. The molecule has 0 saturated heterocycles. The monoisotopic (exact) mass is 416 g/mol. The Labute approximate surface area is 166 Å². The lowest BCUT2D eigenvalue weighted by Gasteiger charge is -2.16. The number of carbonyl (C=O) groups excluding carboxylic acids is 1. The van der Waals surface area contributed by atoms with Gasteiger partial charge in [-0.1, -0.05) is 0 Å². The number of sulfonamides is 1. The zero-order valence-corrected chi connectivity index (χ0v) is 16.3. The van der Waals surface area contributed by atoms with E-state index in [0.717, 1.165) is 11.8 Å². The van der Waals surface area contributed by atoms with E-state index in [1.165, 1.54) is 28.7 Å². The predicted molar refractivity (Wildman–Crippen MR) is 103 cm³/mol. The molecule has 0 amide bonds. The van der Waals surface area contributed by atoms with E-state index in [0.29, 0.717) is 35.5 Å². The Morgan fingerprint density at radius 1 is 1.24 bits per heavy atom. The van der Waals surface area contributed by atoms with Crippen molar-refractivity contribution in [1.82, 2.24) is 4.98 Å². The molecule has 1 aliphatic heterocycles. The van der Waals surface area contributed by atoms with Crippen molar-refractivity contribution in [2.45, 2.75) is 13.0 Å². The molecule has 3 aromatic rings. The number of halogens is 1. The standard InChI is InChI=1S/C20H17FN2O5S/c1-29(25,26)23-9-8-14-10-15(4-7-17(14)23)20(24)27-12-19-22-11-18(28-19)13-2-5-16(21)6-3-13/h2-7,10-11H,8-9,12H2,1H3. The van der Waals surface area contributed by atoms with Crippen molar-refractivity contribution in [2.75, 3.05) is 17.1 Å². The third kappa shape index (κ3) is 4.00. The second kappa shape index (κ2) is 7.32. The van der Waals surface area contributed by atoms with Gasteiger partial charge >= 0.3 is 5.97 Å². The quantitative estimate of drug-likeness (QED) is 0.594. The average Bonchev–Trinajstić information content (AvgIpc) is 3.33. The van der Waals surface area contributed by atoms with E-state index in [1.807, 2.05) is 0 Å². The molecule has 0 radical (unpaired) electrons. The second-order valence-corrected chi connectivity index (χ2v) is 8.54. The molecule has 2 aromatic carbocycles. The van der Waals surface area contributed by atoms with Crippen LogP contribution in [0.4, 0.5) is 10.1 Å². The summed E-state index contributed by atoms with van der Waals surface area (Å²) < 4.78 is 48.7. The Morgan fingerprint density at radius 2 is 2.00 bits per heavy atom. The van der Waals surface area contributed by atoms with Gasteiger partial charge in [-0.15, -0.1) is 0 Å². The Kier molecular flexibility index (Phi) is 4.83. The van der Waals surface area contributed by atoms with E-state index < -0.39 is 16.0 Å². The van der Waals surface area contributed by atoms with Crippen LogP contribution in [0.1, 0.15) is 21.8 Å². The number of rotatable bonds is 5. The van der Waals surface area contributed by atoms with Crippen molar-refractivity contribution >= 4 is 21.7 Å². The van der Waals surface area contributed by atoms with Crippen LogP contribution < -0.4 is 4.31 Å². The van der Waals surface area contributed by atoms with Gasteiger partial charge in [0.1, 0.15) is 5.82 Å². The number of carbonyl (C=O) groups is 1. The lowest BCUT2D eigenvalue weighted by molar-refractivity contribution is 0.0439. The summed E-state index contributed by atoms with van der Waals surface area (Å²) in [7, 11) is -3.34. The number of fused-ring (bicyclic) bond motifs is 1. The van der Waals surface area contributed by atoms with Gasteiger partial charge in [0.25, 0.3) is 0 Å². The Bertz CT molecular complexity index is 1170. The van der Waals surface area contributed by atoms with Crippen LogP contribution in [0.2, 0.25) is 0 Å². The zero-order valence-electron chi connectivity index (χ0n) is 15.5. The number of ether oxygens (including phenoxy) is 1. The minimum Gasteiger partial charge on any atom is -0.452 e. The average molecular weight is 416 g/mol. The normalized spacial score (nSPS) is 13.4. The van der Waals surface area contributed by atoms with E-state index in [4.69, 9.17) is 9.15 Å². The summed E-state index contributed by atoms with van der Waals surface area (Å²) in [6, 6.07) is 10.5. The highest BCUT2D eigenvalue weighted by molar-refractivity contribution is 7.92. The molecule has 0 unspecified atom stereocenters. The fraction of sp³-hybridized carbons (Fsp3) is 0.200. The van der Waals surface area contributed by atoms with Crippen molar-refractivity contribution in [3.63, 3.8) is 0 Å². The fourth-order valence-corrected chi connectivity index (χ4v) is 4.14. The van der Waals surface area contributed by atoms with Crippen molar-refractivity contribution in [1.29, 1.82) is 0 Å². The summed E-state index contributed by atoms with van der Waals surface area (Å²) in [5.41, 5.74) is 2.34. The molecule has 4 rings (SSSR count). The maximum Gasteiger partial charge on any atom is 0.338 e. The Balaban J connectivity index is 1.43. The van der Waals surface area contributed by atoms with Gasteiger partial charge in [-0.05, 0) is 54.4 Å². The molecule has 0 N–H and O–H groups in total. The number of nitrogens with zero attached hydrogens (tertiary/aromatic N) is 2. The van der Waals surface area contributed by atoms with Crippen molar-refractivity contribution in [3.8, 4) is 11.3 Å². The predicted octanol–water partition coefficient (Wildman–Crippen LogP) is 3.16. The van der Waals surface area contributed by atoms with Gasteiger partial charge < -0.3 is 9.15 Å². The molecule has 150 valence electrons. The topological polar surface area (TPSA) is 89.7 Å². The van der Waals surface area contributed by atoms with E-state index in [-0.39, 0.29) is 18.3 Å². The molecule has 0 aliphatic carbocycles. The molecule has 0 saturated carbocycles. The van der Waals surface area contributed by atoms with E-state index in [1.54, 1.807) is 24.3 Å². The number of benzene rings is 2. The highest BCUT2D eigenvalue weighted by Crippen LogP contribution is 2.31. The van der Waals surface area contributed by atoms with Crippen LogP contribution in [-0.2, 0) is 27.8 Å². The molecule has 0 atom stereocenters. The summed E-state index contributed by atoms with van der Waals surface area (Å²) in [5, 5.41) is 0. The fourth-order valence-electron chi connectivity index (χ4n) is 3.18. The minimum absolute atomic E-state index is 0.160. The summed E-state index contributed by atoms with van der Waals surface area (Å²) in [4.78, 5) is 16.4. The molecule has 0 spiro atoms. The van der Waals surface area contributed by atoms with Crippen molar-refractivity contribution in [3.05, 3.63) is 71.5 Å². The zero-order chi connectivity index (χ0) is 20.6.